The van der Waals surface area contributed by atoms with Gasteiger partial charge in [-0.15, -0.1) is 5.10 Å². The van der Waals surface area contributed by atoms with Crippen LogP contribution in [0.3, 0.4) is 0 Å². The molecule has 110 valence electrons. The minimum atomic E-state index is 0.0398. The molecule has 1 aromatic carbocycles. The summed E-state index contributed by atoms with van der Waals surface area (Å²) >= 11 is 1.36. The molecule has 6 nitrogen and oxygen atoms in total. The molecule has 1 fully saturated rings. The first-order valence-electron chi connectivity index (χ1n) is 6.92. The molecule has 1 aliphatic rings. The molecule has 1 saturated carbocycles. The van der Waals surface area contributed by atoms with Crippen molar-refractivity contribution in [2.45, 2.75) is 37.9 Å². The Bertz CT molecular complexity index is 665. The highest BCUT2D eigenvalue weighted by atomic mass is 32.2. The lowest BCUT2D eigenvalue weighted by molar-refractivity contribution is -0.118. The molecular weight excluding hydrogens is 286 g/mol. The van der Waals surface area contributed by atoms with Crippen LogP contribution in [0.15, 0.2) is 23.4 Å². The van der Waals surface area contributed by atoms with E-state index >= 15 is 0 Å². The summed E-state index contributed by atoms with van der Waals surface area (Å²) in [6.07, 6.45) is 2.19. The number of benzene rings is 1. The molecule has 0 spiro atoms. The van der Waals surface area contributed by atoms with Crippen LogP contribution in [0.2, 0.25) is 0 Å². The number of thioether (sulfide) groups is 1. The zero-order chi connectivity index (χ0) is 14.8. The number of aromatic nitrogens is 4. The summed E-state index contributed by atoms with van der Waals surface area (Å²) in [6, 6.07) is 6.40. The number of aryl methyl sites for hydroxylation is 1. The van der Waals surface area contributed by atoms with Crippen molar-refractivity contribution in [1.82, 2.24) is 25.5 Å². The van der Waals surface area contributed by atoms with Crippen molar-refractivity contribution in [3.05, 3.63) is 29.3 Å². The van der Waals surface area contributed by atoms with Gasteiger partial charge in [-0.05, 0) is 54.3 Å². The first-order chi connectivity index (χ1) is 10.1. The third kappa shape index (κ3) is 3.24. The zero-order valence-corrected chi connectivity index (χ0v) is 12.9. The maximum absolute atomic E-state index is 11.7. The fourth-order valence-electron chi connectivity index (χ4n) is 2.01. The van der Waals surface area contributed by atoms with Crippen molar-refractivity contribution >= 4 is 17.7 Å². The van der Waals surface area contributed by atoms with Crippen molar-refractivity contribution < 1.29 is 4.79 Å². The third-order valence-corrected chi connectivity index (χ3v) is 4.44. The molecule has 2 aromatic rings. The van der Waals surface area contributed by atoms with Crippen LogP contribution in [0.1, 0.15) is 24.0 Å². The largest absolute Gasteiger partial charge is 0.353 e. The molecule has 0 atom stereocenters. The highest BCUT2D eigenvalue weighted by Gasteiger charge is 2.23. The topological polar surface area (TPSA) is 72.7 Å². The van der Waals surface area contributed by atoms with E-state index in [4.69, 9.17) is 0 Å². The second kappa shape index (κ2) is 5.85. The van der Waals surface area contributed by atoms with Crippen LogP contribution < -0.4 is 5.32 Å². The van der Waals surface area contributed by atoms with E-state index in [9.17, 15) is 4.79 Å². The van der Waals surface area contributed by atoms with E-state index in [1.54, 1.807) is 4.68 Å². The standard InChI is InChI=1S/C14H17N5OS/c1-9-4-3-5-12(10(9)2)19-14(16-17-18-19)21-8-13(20)15-11-6-7-11/h3-5,11H,6-8H2,1-2H3,(H,15,20). The molecule has 1 amide bonds. The second-order valence-corrected chi connectivity index (χ2v) is 6.17. The van der Waals surface area contributed by atoms with E-state index in [0.29, 0.717) is 17.0 Å². The molecule has 0 aliphatic heterocycles. The monoisotopic (exact) mass is 303 g/mol. The van der Waals surface area contributed by atoms with Crippen molar-refractivity contribution in [1.29, 1.82) is 0 Å². The van der Waals surface area contributed by atoms with E-state index in [2.05, 4.69) is 33.8 Å². The maximum atomic E-state index is 11.7. The minimum Gasteiger partial charge on any atom is -0.353 e. The number of amides is 1. The molecular formula is C14H17N5OS. The fourth-order valence-corrected chi connectivity index (χ4v) is 2.71. The fraction of sp³-hybridized carbons (Fsp3) is 0.429. The van der Waals surface area contributed by atoms with Gasteiger partial charge in [0.2, 0.25) is 11.1 Å². The van der Waals surface area contributed by atoms with Gasteiger partial charge in [0, 0.05) is 6.04 Å². The van der Waals surface area contributed by atoms with E-state index in [1.165, 1.54) is 17.3 Å². The van der Waals surface area contributed by atoms with Gasteiger partial charge in [0.25, 0.3) is 0 Å². The lowest BCUT2D eigenvalue weighted by atomic mass is 10.1. The van der Waals surface area contributed by atoms with Crippen LogP contribution in [0.5, 0.6) is 0 Å². The number of carbonyl (C=O) groups excluding carboxylic acids is 1. The van der Waals surface area contributed by atoms with E-state index in [1.807, 2.05) is 19.1 Å². The van der Waals surface area contributed by atoms with Gasteiger partial charge in [0.15, 0.2) is 0 Å². The molecule has 0 radical (unpaired) electrons. The van der Waals surface area contributed by atoms with Gasteiger partial charge in [-0.3, -0.25) is 4.79 Å². The lowest BCUT2D eigenvalue weighted by Crippen LogP contribution is -2.27. The molecule has 0 saturated heterocycles. The molecule has 1 aromatic heterocycles. The Morgan fingerprint density at radius 2 is 2.24 bits per heavy atom. The van der Waals surface area contributed by atoms with Crippen LogP contribution in [-0.2, 0) is 4.79 Å². The highest BCUT2D eigenvalue weighted by Crippen LogP contribution is 2.23. The Labute approximate surface area is 127 Å². The van der Waals surface area contributed by atoms with Gasteiger partial charge in [-0.25, -0.2) is 0 Å². The third-order valence-electron chi connectivity index (χ3n) is 3.52. The summed E-state index contributed by atoms with van der Waals surface area (Å²) in [4.78, 5) is 11.7. The highest BCUT2D eigenvalue weighted by molar-refractivity contribution is 7.99. The SMILES string of the molecule is Cc1cccc(-n2nnnc2SCC(=O)NC2CC2)c1C. The van der Waals surface area contributed by atoms with Gasteiger partial charge in [0.1, 0.15) is 0 Å². The quantitative estimate of drug-likeness (QED) is 0.850. The predicted molar refractivity (Wildman–Crippen MR) is 80.5 cm³/mol. The van der Waals surface area contributed by atoms with E-state index in [0.717, 1.165) is 24.1 Å². The Morgan fingerprint density at radius 3 is 3.00 bits per heavy atom. The molecule has 0 bridgehead atoms. The first-order valence-corrected chi connectivity index (χ1v) is 7.91. The number of tetrazole rings is 1. The van der Waals surface area contributed by atoms with Crippen LogP contribution in [0.4, 0.5) is 0 Å². The number of nitrogens with zero attached hydrogens (tertiary/aromatic N) is 4. The molecule has 1 N–H and O–H groups in total. The average molecular weight is 303 g/mol. The van der Waals surface area contributed by atoms with Crippen molar-refractivity contribution in [3.8, 4) is 5.69 Å². The molecule has 1 heterocycles. The van der Waals surface area contributed by atoms with Crippen LogP contribution in [0, 0.1) is 13.8 Å². The Hall–Kier alpha value is -1.89. The summed E-state index contributed by atoms with van der Waals surface area (Å²) in [6.45, 7) is 4.10. The van der Waals surface area contributed by atoms with Crippen LogP contribution in [-0.4, -0.2) is 37.9 Å². The van der Waals surface area contributed by atoms with E-state index < -0.39 is 0 Å². The minimum absolute atomic E-state index is 0.0398. The zero-order valence-electron chi connectivity index (χ0n) is 12.0. The van der Waals surface area contributed by atoms with Crippen molar-refractivity contribution in [3.63, 3.8) is 0 Å². The smallest absolute Gasteiger partial charge is 0.230 e. The summed E-state index contributed by atoms with van der Waals surface area (Å²) < 4.78 is 1.69. The molecule has 1 aliphatic carbocycles. The first kappa shape index (κ1) is 14.1. The molecule has 0 unspecified atom stereocenters. The number of carbonyl (C=O) groups is 1. The Morgan fingerprint density at radius 1 is 1.43 bits per heavy atom. The number of hydrogen-bond acceptors (Lipinski definition) is 5. The van der Waals surface area contributed by atoms with Gasteiger partial charge in [0.05, 0.1) is 11.4 Å². The lowest BCUT2D eigenvalue weighted by Gasteiger charge is -2.09. The van der Waals surface area contributed by atoms with Crippen molar-refractivity contribution in [2.24, 2.45) is 0 Å². The van der Waals surface area contributed by atoms with Gasteiger partial charge >= 0.3 is 0 Å². The van der Waals surface area contributed by atoms with Crippen molar-refractivity contribution in [2.75, 3.05) is 5.75 Å². The molecule has 7 heteroatoms. The number of nitrogens with one attached hydrogen (secondary N) is 1. The predicted octanol–water partition coefficient (Wildman–Crippen LogP) is 1.65. The van der Waals surface area contributed by atoms with Crippen LogP contribution in [0.25, 0.3) is 5.69 Å². The number of hydrogen-bond donors (Lipinski definition) is 1. The van der Waals surface area contributed by atoms with Gasteiger partial charge in [-0.2, -0.15) is 4.68 Å². The summed E-state index contributed by atoms with van der Waals surface area (Å²) in [5, 5.41) is 15.4. The molecule has 21 heavy (non-hydrogen) atoms. The van der Waals surface area contributed by atoms with Crippen LogP contribution >= 0.6 is 11.8 Å². The Balaban J connectivity index is 1.74. The summed E-state index contributed by atoms with van der Waals surface area (Å²) in [7, 11) is 0. The Kier molecular flexibility index (Phi) is 3.92. The maximum Gasteiger partial charge on any atom is 0.230 e. The normalized spacial score (nSPS) is 14.2. The van der Waals surface area contributed by atoms with E-state index in [-0.39, 0.29) is 5.91 Å². The summed E-state index contributed by atoms with van der Waals surface area (Å²) in [5.41, 5.74) is 3.27. The molecule has 3 rings (SSSR count). The average Bonchev–Trinajstić information content (AvgIpc) is 3.15. The van der Waals surface area contributed by atoms with Gasteiger partial charge < -0.3 is 5.32 Å². The summed E-state index contributed by atoms with van der Waals surface area (Å²) in [5.74, 6) is 0.375. The second-order valence-electron chi connectivity index (χ2n) is 5.22. The number of rotatable bonds is 5. The van der Waals surface area contributed by atoms with Gasteiger partial charge in [-0.1, -0.05) is 23.9 Å².